The number of aromatic nitrogens is 1. The molecule has 2 atom stereocenters. The summed E-state index contributed by atoms with van der Waals surface area (Å²) in [7, 11) is 0. The van der Waals surface area contributed by atoms with E-state index < -0.39 is 41.6 Å². The first kappa shape index (κ1) is 28.4. The van der Waals surface area contributed by atoms with Crippen LogP contribution >= 0.6 is 0 Å². The molecule has 11 heteroatoms. The Bertz CT molecular complexity index is 1300. The van der Waals surface area contributed by atoms with Crippen molar-refractivity contribution in [2.45, 2.75) is 63.8 Å². The van der Waals surface area contributed by atoms with E-state index in [0.29, 0.717) is 17.7 Å². The molecular weight excluding hydrogens is 524 g/mol. The molecule has 1 fully saturated rings. The Morgan fingerprint density at radius 3 is 2.26 bits per heavy atom. The van der Waals surface area contributed by atoms with Gasteiger partial charge in [-0.2, -0.15) is 13.2 Å². The third-order valence-corrected chi connectivity index (χ3v) is 6.71. The molecule has 0 bridgehead atoms. The number of alkyl halides is 6. The number of aryl methyl sites for hydroxylation is 1. The Morgan fingerprint density at radius 1 is 1.00 bits per heavy atom. The number of rotatable bonds is 7. The van der Waals surface area contributed by atoms with Crippen LogP contribution in [0.4, 0.5) is 32.0 Å². The first-order valence-corrected chi connectivity index (χ1v) is 12.3. The van der Waals surface area contributed by atoms with E-state index in [4.69, 9.17) is 0 Å². The largest absolute Gasteiger partial charge is 0.573 e. The van der Waals surface area contributed by atoms with Gasteiger partial charge in [0.1, 0.15) is 11.4 Å². The van der Waals surface area contributed by atoms with Crippen molar-refractivity contribution >= 4 is 11.6 Å². The van der Waals surface area contributed by atoms with Crippen LogP contribution in [0.3, 0.4) is 0 Å². The molecule has 208 valence electrons. The lowest BCUT2D eigenvalue weighted by atomic mass is 9.93. The second kappa shape index (κ2) is 10.5. The van der Waals surface area contributed by atoms with Gasteiger partial charge in [-0.15, -0.1) is 13.2 Å². The van der Waals surface area contributed by atoms with E-state index in [1.165, 1.54) is 23.1 Å². The highest BCUT2D eigenvalue weighted by Crippen LogP contribution is 2.40. The molecule has 1 amide bonds. The summed E-state index contributed by atoms with van der Waals surface area (Å²) in [5.41, 5.74) is 0.824. The maximum Gasteiger partial charge on any atom is 0.573 e. The molecule has 0 spiro atoms. The number of hydrogen-bond acceptors (Lipinski definition) is 4. The van der Waals surface area contributed by atoms with Gasteiger partial charge in [0.2, 0.25) is 5.91 Å². The number of carbonyl (C=O) groups is 1. The second-order valence-electron chi connectivity index (χ2n) is 9.85. The molecular formula is C28H27F6N3O2. The second-order valence-corrected chi connectivity index (χ2v) is 9.85. The van der Waals surface area contributed by atoms with Gasteiger partial charge in [-0.1, -0.05) is 37.3 Å². The molecule has 4 rings (SSSR count). The Kier molecular flexibility index (Phi) is 7.66. The molecule has 39 heavy (non-hydrogen) atoms. The third-order valence-electron chi connectivity index (χ3n) is 6.71. The number of pyridine rings is 1. The molecule has 2 aromatic carbocycles. The van der Waals surface area contributed by atoms with Crippen LogP contribution in [0.15, 0.2) is 66.9 Å². The summed E-state index contributed by atoms with van der Waals surface area (Å²) < 4.78 is 80.8. The predicted molar refractivity (Wildman–Crippen MR) is 133 cm³/mol. The van der Waals surface area contributed by atoms with E-state index in [2.05, 4.69) is 15.0 Å². The smallest absolute Gasteiger partial charge is 0.406 e. The third kappa shape index (κ3) is 6.52. The topological polar surface area (TPSA) is 54.5 Å². The van der Waals surface area contributed by atoms with Gasteiger partial charge in [-0.05, 0) is 73.7 Å². The SMILES string of the molecule is CCc1cccc([C@H]2C[C@@H](NC(C)(C)c3ccc(C(F)(F)F)nc3)C(=O)N2c2ccc(OC(F)(F)F)cc2)c1. The monoisotopic (exact) mass is 551 g/mol. The summed E-state index contributed by atoms with van der Waals surface area (Å²) in [4.78, 5) is 18.8. The zero-order valence-electron chi connectivity index (χ0n) is 21.4. The van der Waals surface area contributed by atoms with E-state index in [0.717, 1.165) is 41.9 Å². The zero-order valence-corrected chi connectivity index (χ0v) is 21.4. The molecule has 3 aromatic rings. The molecule has 0 radical (unpaired) electrons. The summed E-state index contributed by atoms with van der Waals surface area (Å²) in [6, 6.07) is 13.8. The Morgan fingerprint density at radius 2 is 1.69 bits per heavy atom. The highest BCUT2D eigenvalue weighted by Gasteiger charge is 2.44. The van der Waals surface area contributed by atoms with Gasteiger partial charge >= 0.3 is 12.5 Å². The lowest BCUT2D eigenvalue weighted by Gasteiger charge is -2.30. The van der Waals surface area contributed by atoms with Crippen molar-refractivity contribution in [3.05, 3.63) is 89.2 Å². The van der Waals surface area contributed by atoms with Gasteiger partial charge in [0, 0.05) is 17.4 Å². The molecule has 1 aliphatic heterocycles. The summed E-state index contributed by atoms with van der Waals surface area (Å²) in [5, 5.41) is 3.26. The molecule has 0 saturated carbocycles. The van der Waals surface area contributed by atoms with Gasteiger partial charge in [0.05, 0.1) is 12.1 Å². The van der Waals surface area contributed by atoms with Crippen molar-refractivity contribution in [2.75, 3.05) is 4.90 Å². The van der Waals surface area contributed by atoms with Crippen molar-refractivity contribution in [1.82, 2.24) is 10.3 Å². The molecule has 2 heterocycles. The Labute approximate surface area is 221 Å². The van der Waals surface area contributed by atoms with Gasteiger partial charge in [-0.25, -0.2) is 0 Å². The average molecular weight is 552 g/mol. The number of nitrogens with zero attached hydrogens (tertiary/aromatic N) is 2. The number of anilines is 1. The number of benzene rings is 2. The standard InChI is InChI=1S/C28H27F6N3O2/c1-4-17-6-5-7-18(14-17)23-15-22(36-26(2,3)19-8-13-24(35-16-19)27(29,30)31)25(38)37(23)20-9-11-21(12-10-20)39-28(32,33)34/h5-14,16,22-23,36H,4,15H2,1-3H3/t22-,23-/m1/s1. The fourth-order valence-corrected chi connectivity index (χ4v) is 4.74. The fraction of sp³-hybridized carbons (Fsp3) is 0.357. The highest BCUT2D eigenvalue weighted by atomic mass is 19.4. The number of carbonyl (C=O) groups excluding carboxylic acids is 1. The predicted octanol–water partition coefficient (Wildman–Crippen LogP) is 6.93. The number of halogens is 6. The van der Waals surface area contributed by atoms with Crippen molar-refractivity contribution in [2.24, 2.45) is 0 Å². The molecule has 1 aliphatic rings. The molecule has 0 unspecified atom stereocenters. The molecule has 1 N–H and O–H groups in total. The van der Waals surface area contributed by atoms with Crippen LogP contribution in [0.5, 0.6) is 5.75 Å². The number of hydrogen-bond donors (Lipinski definition) is 1. The van der Waals surface area contributed by atoms with Crippen LogP contribution in [-0.4, -0.2) is 23.3 Å². The number of ether oxygens (including phenoxy) is 1. The minimum absolute atomic E-state index is 0.320. The van der Waals surface area contributed by atoms with Gasteiger partial charge in [-0.3, -0.25) is 15.1 Å². The maximum absolute atomic E-state index is 13.7. The van der Waals surface area contributed by atoms with Crippen molar-refractivity contribution in [3.63, 3.8) is 0 Å². The number of amides is 1. The minimum atomic E-state index is -4.85. The summed E-state index contributed by atoms with van der Waals surface area (Å²) in [6.07, 6.45) is -7.19. The first-order chi connectivity index (χ1) is 18.2. The van der Waals surface area contributed by atoms with Crippen LogP contribution in [-0.2, 0) is 22.9 Å². The van der Waals surface area contributed by atoms with Crippen molar-refractivity contribution in [1.29, 1.82) is 0 Å². The van der Waals surface area contributed by atoms with Crippen LogP contribution < -0.4 is 15.0 Å². The maximum atomic E-state index is 13.7. The van der Waals surface area contributed by atoms with Crippen LogP contribution in [0.1, 0.15) is 55.6 Å². The van der Waals surface area contributed by atoms with Gasteiger partial charge in [0.25, 0.3) is 0 Å². The van der Waals surface area contributed by atoms with Crippen molar-refractivity contribution < 1.29 is 35.9 Å². The Hall–Kier alpha value is -3.60. The van der Waals surface area contributed by atoms with Crippen LogP contribution in [0.25, 0.3) is 0 Å². The van der Waals surface area contributed by atoms with E-state index in [1.54, 1.807) is 13.8 Å². The van der Waals surface area contributed by atoms with Gasteiger partial charge < -0.3 is 9.64 Å². The number of nitrogens with one attached hydrogen (secondary N) is 1. The van der Waals surface area contributed by atoms with Crippen LogP contribution in [0.2, 0.25) is 0 Å². The zero-order chi connectivity index (χ0) is 28.6. The Balaban J connectivity index is 1.64. The normalized spacial score (nSPS) is 18.5. The summed E-state index contributed by atoms with van der Waals surface area (Å²) in [6.45, 7) is 5.48. The molecule has 1 saturated heterocycles. The van der Waals surface area contributed by atoms with Gasteiger partial charge in [0.15, 0.2) is 0 Å². The highest BCUT2D eigenvalue weighted by molar-refractivity contribution is 6.00. The first-order valence-electron chi connectivity index (χ1n) is 12.3. The quantitative estimate of drug-likeness (QED) is 0.324. The fourth-order valence-electron chi connectivity index (χ4n) is 4.74. The van der Waals surface area contributed by atoms with E-state index in [-0.39, 0.29) is 5.91 Å². The summed E-state index contributed by atoms with van der Waals surface area (Å²) in [5.74, 6) is -0.729. The lowest BCUT2D eigenvalue weighted by Crippen LogP contribution is -2.47. The van der Waals surface area contributed by atoms with E-state index in [9.17, 15) is 31.1 Å². The van der Waals surface area contributed by atoms with E-state index in [1.807, 2.05) is 31.2 Å². The minimum Gasteiger partial charge on any atom is -0.406 e. The molecule has 0 aliphatic carbocycles. The molecule has 5 nitrogen and oxygen atoms in total. The van der Waals surface area contributed by atoms with Crippen LogP contribution in [0, 0.1) is 0 Å². The molecule has 1 aromatic heterocycles. The summed E-state index contributed by atoms with van der Waals surface area (Å²) >= 11 is 0. The average Bonchev–Trinajstić information content (AvgIpc) is 3.18. The lowest BCUT2D eigenvalue weighted by molar-refractivity contribution is -0.274. The van der Waals surface area contributed by atoms with Crippen molar-refractivity contribution in [3.8, 4) is 5.75 Å². The van der Waals surface area contributed by atoms with E-state index >= 15 is 0 Å².